The van der Waals surface area contributed by atoms with Crippen LogP contribution in [0.3, 0.4) is 0 Å². The zero-order valence-electron chi connectivity index (χ0n) is 13.8. The standard InChI is InChI=1S/C20H24O3/c1-15-7-8-16(2)20(3,12-9-17-10-13-23-14-17)11-5-4-6-18(15)19(21)22/h4-6,9-10,12-14,16H,1,7-8,11H2,2-3H3,(H,21,22). The van der Waals surface area contributed by atoms with E-state index in [1.54, 1.807) is 18.6 Å². The molecule has 1 N–H and O–H groups in total. The van der Waals surface area contributed by atoms with Gasteiger partial charge in [0.2, 0.25) is 0 Å². The smallest absolute Gasteiger partial charge is 0.335 e. The summed E-state index contributed by atoms with van der Waals surface area (Å²) in [5, 5.41) is 9.26. The molecule has 3 heteroatoms. The molecule has 0 saturated carbocycles. The molecular weight excluding hydrogens is 288 g/mol. The van der Waals surface area contributed by atoms with Gasteiger partial charge in [0.05, 0.1) is 18.1 Å². The number of carboxylic acid groups (broad SMARTS) is 1. The van der Waals surface area contributed by atoms with Crippen LogP contribution in [0.2, 0.25) is 0 Å². The minimum absolute atomic E-state index is 0.00260. The lowest BCUT2D eigenvalue weighted by molar-refractivity contribution is -0.132. The van der Waals surface area contributed by atoms with E-state index < -0.39 is 5.97 Å². The van der Waals surface area contributed by atoms with Gasteiger partial charge in [0.15, 0.2) is 0 Å². The molecule has 0 spiro atoms. The Morgan fingerprint density at radius 1 is 1.52 bits per heavy atom. The monoisotopic (exact) mass is 312 g/mol. The molecule has 2 unspecified atom stereocenters. The predicted octanol–water partition coefficient (Wildman–Crippen LogP) is 5.24. The van der Waals surface area contributed by atoms with Crippen molar-refractivity contribution in [2.75, 3.05) is 0 Å². The minimum Gasteiger partial charge on any atom is -0.478 e. The van der Waals surface area contributed by atoms with Gasteiger partial charge in [-0.25, -0.2) is 4.79 Å². The Morgan fingerprint density at radius 2 is 2.30 bits per heavy atom. The van der Waals surface area contributed by atoms with Gasteiger partial charge in [-0.05, 0) is 48.3 Å². The summed E-state index contributed by atoms with van der Waals surface area (Å²) in [6.07, 6.45) is 15.7. The summed E-state index contributed by atoms with van der Waals surface area (Å²) in [7, 11) is 0. The molecule has 0 aliphatic heterocycles. The molecule has 1 aromatic heterocycles. The van der Waals surface area contributed by atoms with Gasteiger partial charge in [0.1, 0.15) is 0 Å². The lowest BCUT2D eigenvalue weighted by Crippen LogP contribution is -2.23. The van der Waals surface area contributed by atoms with E-state index >= 15 is 0 Å². The van der Waals surface area contributed by atoms with Crippen molar-refractivity contribution in [3.63, 3.8) is 0 Å². The maximum absolute atomic E-state index is 11.3. The number of hydrogen-bond donors (Lipinski definition) is 1. The average Bonchev–Trinajstić information content (AvgIpc) is 3.02. The van der Waals surface area contributed by atoms with E-state index in [1.807, 2.05) is 18.2 Å². The molecule has 1 aliphatic rings. The van der Waals surface area contributed by atoms with Crippen molar-refractivity contribution in [2.24, 2.45) is 11.3 Å². The largest absolute Gasteiger partial charge is 0.478 e. The second kappa shape index (κ2) is 7.32. The molecule has 0 saturated heterocycles. The third kappa shape index (κ3) is 4.35. The van der Waals surface area contributed by atoms with Gasteiger partial charge in [-0.1, -0.05) is 44.7 Å². The normalized spacial score (nSPS) is 26.3. The number of allylic oxidation sites excluding steroid dienone is 4. The van der Waals surface area contributed by atoms with Crippen molar-refractivity contribution in [2.45, 2.75) is 33.1 Å². The number of furan rings is 1. The molecule has 3 nitrogen and oxygen atoms in total. The molecule has 0 bridgehead atoms. The zero-order chi connectivity index (χ0) is 16.9. The van der Waals surface area contributed by atoms with Crippen LogP contribution in [0.4, 0.5) is 0 Å². The van der Waals surface area contributed by atoms with E-state index in [0.29, 0.717) is 23.5 Å². The Balaban J connectivity index is 2.24. The summed E-state index contributed by atoms with van der Waals surface area (Å²) in [6, 6.07) is 1.93. The second-order valence-electron chi connectivity index (χ2n) is 6.46. The van der Waals surface area contributed by atoms with Crippen LogP contribution in [0, 0.1) is 11.3 Å². The Labute approximate surface area is 137 Å². The maximum Gasteiger partial charge on any atom is 0.335 e. The zero-order valence-corrected chi connectivity index (χ0v) is 13.8. The van der Waals surface area contributed by atoms with Gasteiger partial charge < -0.3 is 9.52 Å². The average molecular weight is 312 g/mol. The van der Waals surface area contributed by atoms with Crippen LogP contribution < -0.4 is 0 Å². The molecule has 0 amide bonds. The van der Waals surface area contributed by atoms with Gasteiger partial charge in [-0.3, -0.25) is 0 Å². The van der Waals surface area contributed by atoms with E-state index in [9.17, 15) is 9.90 Å². The lowest BCUT2D eigenvalue weighted by Gasteiger charge is -2.33. The Hall–Kier alpha value is -2.29. The Bertz CT molecular complexity index is 646. The van der Waals surface area contributed by atoms with E-state index in [2.05, 4.69) is 32.6 Å². The molecule has 0 fully saturated rings. The molecule has 1 heterocycles. The van der Waals surface area contributed by atoms with Gasteiger partial charge in [-0.2, -0.15) is 0 Å². The fourth-order valence-corrected chi connectivity index (χ4v) is 2.77. The molecule has 2 atom stereocenters. The molecule has 122 valence electrons. The molecule has 23 heavy (non-hydrogen) atoms. The van der Waals surface area contributed by atoms with Crippen LogP contribution >= 0.6 is 0 Å². The van der Waals surface area contributed by atoms with Crippen molar-refractivity contribution in [3.05, 3.63) is 66.2 Å². The minimum atomic E-state index is -0.907. The van der Waals surface area contributed by atoms with E-state index in [-0.39, 0.29) is 5.41 Å². The lowest BCUT2D eigenvalue weighted by atomic mass is 9.72. The summed E-state index contributed by atoms with van der Waals surface area (Å²) >= 11 is 0. The fraction of sp³-hybridized carbons (Fsp3) is 0.350. The highest BCUT2D eigenvalue weighted by Gasteiger charge is 2.28. The van der Waals surface area contributed by atoms with Gasteiger partial charge >= 0.3 is 5.97 Å². The fourth-order valence-electron chi connectivity index (χ4n) is 2.77. The molecule has 1 aromatic rings. The van der Waals surface area contributed by atoms with Crippen LogP contribution in [0.5, 0.6) is 0 Å². The predicted molar refractivity (Wildman–Crippen MR) is 92.9 cm³/mol. The van der Waals surface area contributed by atoms with E-state index in [1.165, 1.54) is 0 Å². The molecule has 0 radical (unpaired) electrons. The van der Waals surface area contributed by atoms with Gasteiger partial charge in [-0.15, -0.1) is 0 Å². The summed E-state index contributed by atoms with van der Waals surface area (Å²) in [5.41, 5.74) is 2.06. The van der Waals surface area contributed by atoms with Gasteiger partial charge in [0, 0.05) is 5.56 Å². The summed E-state index contributed by atoms with van der Waals surface area (Å²) in [6.45, 7) is 8.40. The molecule has 2 rings (SSSR count). The maximum atomic E-state index is 11.3. The first-order chi connectivity index (χ1) is 10.9. The van der Waals surface area contributed by atoms with Crippen LogP contribution in [-0.4, -0.2) is 11.1 Å². The van der Waals surface area contributed by atoms with E-state index in [4.69, 9.17) is 4.42 Å². The highest BCUT2D eigenvalue weighted by Crippen LogP contribution is 2.38. The van der Waals surface area contributed by atoms with Crippen LogP contribution in [0.1, 0.15) is 38.7 Å². The molecular formula is C20H24O3. The summed E-state index contributed by atoms with van der Waals surface area (Å²) in [5.74, 6) is -0.504. The van der Waals surface area contributed by atoms with Crippen molar-refractivity contribution in [1.29, 1.82) is 0 Å². The first-order valence-corrected chi connectivity index (χ1v) is 7.92. The van der Waals surface area contributed by atoms with Crippen molar-refractivity contribution >= 4 is 12.0 Å². The van der Waals surface area contributed by atoms with Crippen molar-refractivity contribution in [3.8, 4) is 0 Å². The number of aliphatic carboxylic acids is 1. The highest BCUT2D eigenvalue weighted by atomic mass is 16.4. The third-order valence-corrected chi connectivity index (χ3v) is 4.77. The van der Waals surface area contributed by atoms with E-state index in [0.717, 1.165) is 18.4 Å². The topological polar surface area (TPSA) is 50.4 Å². The number of carbonyl (C=O) groups is 1. The number of rotatable bonds is 3. The second-order valence-corrected chi connectivity index (χ2v) is 6.46. The summed E-state index contributed by atoms with van der Waals surface area (Å²) < 4.78 is 5.10. The quantitative estimate of drug-likeness (QED) is 0.830. The first kappa shape index (κ1) is 17.1. The summed E-state index contributed by atoms with van der Waals surface area (Å²) in [4.78, 5) is 11.3. The van der Waals surface area contributed by atoms with Crippen LogP contribution in [-0.2, 0) is 4.79 Å². The van der Waals surface area contributed by atoms with Crippen LogP contribution in [0.25, 0.3) is 6.08 Å². The first-order valence-electron chi connectivity index (χ1n) is 7.92. The number of hydrogen-bond acceptors (Lipinski definition) is 2. The Morgan fingerprint density at radius 3 is 2.96 bits per heavy atom. The molecule has 0 aromatic carbocycles. The van der Waals surface area contributed by atoms with Gasteiger partial charge in [0.25, 0.3) is 0 Å². The third-order valence-electron chi connectivity index (χ3n) is 4.77. The SMILES string of the molecule is C=C1CCC(C)C(C)(C=Cc2ccoc2)CC=CC=C1C(=O)O. The Kier molecular flexibility index (Phi) is 5.43. The van der Waals surface area contributed by atoms with Crippen molar-refractivity contribution in [1.82, 2.24) is 0 Å². The highest BCUT2D eigenvalue weighted by molar-refractivity contribution is 5.91. The van der Waals surface area contributed by atoms with Crippen molar-refractivity contribution < 1.29 is 14.3 Å². The molecule has 1 aliphatic carbocycles. The van der Waals surface area contributed by atoms with Crippen LogP contribution in [0.15, 0.2) is 65.0 Å². The number of carboxylic acids is 1.